The fourth-order valence-corrected chi connectivity index (χ4v) is 3.60. The molecule has 0 fully saturated rings. The van der Waals surface area contributed by atoms with E-state index in [0.717, 1.165) is 5.56 Å². The number of hydrogen-bond donors (Lipinski definition) is 0. The van der Waals surface area contributed by atoms with Gasteiger partial charge in [-0.2, -0.15) is 0 Å². The van der Waals surface area contributed by atoms with Gasteiger partial charge in [-0.3, -0.25) is 0 Å². The monoisotopic (exact) mass is 332 g/mol. The van der Waals surface area contributed by atoms with Gasteiger partial charge in [-0.15, -0.1) is 0 Å². The summed E-state index contributed by atoms with van der Waals surface area (Å²) in [6.07, 6.45) is 0. The lowest BCUT2D eigenvalue weighted by atomic mass is 10.1. The van der Waals surface area contributed by atoms with Gasteiger partial charge in [0.2, 0.25) is 9.84 Å². The molecule has 0 aromatic heterocycles. The van der Waals surface area contributed by atoms with Crippen molar-refractivity contribution < 1.29 is 17.9 Å². The Morgan fingerprint density at radius 1 is 0.870 bits per heavy atom. The molecule has 0 atom stereocenters. The lowest BCUT2D eigenvalue weighted by molar-refractivity contribution is 0.394. The zero-order chi connectivity index (χ0) is 17.0. The Morgan fingerprint density at radius 2 is 1.39 bits per heavy atom. The maximum atomic E-state index is 12.7. The zero-order valence-electron chi connectivity index (χ0n) is 13.7. The molecular formula is C18H20O4S. The molecule has 0 bridgehead atoms. The summed E-state index contributed by atoms with van der Waals surface area (Å²) in [5, 5.41) is 0. The number of benzene rings is 2. The van der Waals surface area contributed by atoms with Gasteiger partial charge in [0.05, 0.1) is 19.1 Å². The quantitative estimate of drug-likeness (QED) is 0.832. The molecule has 0 aliphatic heterocycles. The molecule has 0 saturated heterocycles. The number of ether oxygens (including phenoxy) is 2. The Kier molecular flexibility index (Phi) is 5.11. The summed E-state index contributed by atoms with van der Waals surface area (Å²) in [5.41, 5.74) is 1.41. The molecule has 4 nitrogen and oxygen atoms in total. The van der Waals surface area contributed by atoms with Crippen LogP contribution in [0.25, 0.3) is 5.57 Å². The van der Waals surface area contributed by atoms with Crippen molar-refractivity contribution >= 4 is 15.4 Å². The van der Waals surface area contributed by atoms with E-state index in [-0.39, 0.29) is 4.90 Å². The first-order valence-corrected chi connectivity index (χ1v) is 8.59. The van der Waals surface area contributed by atoms with Crippen LogP contribution < -0.4 is 9.47 Å². The third-order valence-electron chi connectivity index (χ3n) is 3.77. The van der Waals surface area contributed by atoms with Crippen LogP contribution in [0.1, 0.15) is 19.4 Å². The minimum atomic E-state index is -3.53. The van der Waals surface area contributed by atoms with Gasteiger partial charge >= 0.3 is 0 Å². The van der Waals surface area contributed by atoms with E-state index in [1.165, 1.54) is 0 Å². The molecule has 0 heterocycles. The summed E-state index contributed by atoms with van der Waals surface area (Å²) in [7, 11) is -0.406. The molecule has 2 rings (SSSR count). The molecule has 2 aromatic carbocycles. The van der Waals surface area contributed by atoms with Crippen molar-refractivity contribution in [3.8, 4) is 11.5 Å². The van der Waals surface area contributed by atoms with Crippen molar-refractivity contribution in [2.24, 2.45) is 0 Å². The number of sulfone groups is 1. The summed E-state index contributed by atoms with van der Waals surface area (Å²) in [6, 6.07) is 13.7. The molecule has 0 amide bonds. The summed E-state index contributed by atoms with van der Waals surface area (Å²) < 4.78 is 36.0. The molecule has 0 radical (unpaired) electrons. The molecule has 0 saturated carbocycles. The van der Waals surface area contributed by atoms with Gasteiger partial charge in [0.1, 0.15) is 11.5 Å². The first-order chi connectivity index (χ1) is 10.9. The van der Waals surface area contributed by atoms with E-state index in [1.807, 2.05) is 0 Å². The highest BCUT2D eigenvalue weighted by molar-refractivity contribution is 7.95. The van der Waals surface area contributed by atoms with Gasteiger partial charge in [0.15, 0.2) is 0 Å². The standard InChI is InChI=1S/C18H20O4S/c1-13(15-10-16(21-3)12-17(11-15)22-4)14(2)23(19,20)18-8-6-5-7-9-18/h5-12H,1-4H3. The molecule has 23 heavy (non-hydrogen) atoms. The Labute approximate surface area is 137 Å². The summed E-state index contributed by atoms with van der Waals surface area (Å²) >= 11 is 0. The van der Waals surface area contributed by atoms with E-state index >= 15 is 0 Å². The van der Waals surface area contributed by atoms with E-state index in [9.17, 15) is 8.42 Å². The van der Waals surface area contributed by atoms with E-state index in [4.69, 9.17) is 9.47 Å². The van der Waals surface area contributed by atoms with Crippen LogP contribution in [0, 0.1) is 0 Å². The van der Waals surface area contributed by atoms with E-state index in [2.05, 4.69) is 0 Å². The molecule has 0 unspecified atom stereocenters. The van der Waals surface area contributed by atoms with Gasteiger partial charge in [-0.05, 0) is 49.2 Å². The fraction of sp³-hybridized carbons (Fsp3) is 0.222. The molecule has 0 spiro atoms. The normalized spacial score (nSPS) is 12.5. The van der Waals surface area contributed by atoms with E-state index < -0.39 is 9.84 Å². The Morgan fingerprint density at radius 3 is 1.87 bits per heavy atom. The second kappa shape index (κ2) is 6.87. The summed E-state index contributed by atoms with van der Waals surface area (Å²) in [6.45, 7) is 3.40. The predicted molar refractivity (Wildman–Crippen MR) is 91.4 cm³/mol. The van der Waals surface area contributed by atoms with Gasteiger partial charge in [-0.1, -0.05) is 18.2 Å². The van der Waals surface area contributed by atoms with Gasteiger partial charge in [0, 0.05) is 11.0 Å². The van der Waals surface area contributed by atoms with Crippen LogP contribution in [0.4, 0.5) is 0 Å². The van der Waals surface area contributed by atoms with Crippen molar-refractivity contribution in [1.82, 2.24) is 0 Å². The maximum absolute atomic E-state index is 12.7. The highest BCUT2D eigenvalue weighted by Gasteiger charge is 2.20. The van der Waals surface area contributed by atoms with Crippen molar-refractivity contribution in [2.75, 3.05) is 14.2 Å². The van der Waals surface area contributed by atoms with Crippen molar-refractivity contribution in [3.05, 3.63) is 59.0 Å². The largest absolute Gasteiger partial charge is 0.497 e. The Hall–Kier alpha value is -2.27. The SMILES string of the molecule is COc1cc(OC)cc(C(C)=C(C)S(=O)(=O)c2ccccc2)c1. The van der Waals surface area contributed by atoms with Crippen LogP contribution in [0.2, 0.25) is 0 Å². The number of methoxy groups -OCH3 is 2. The lowest BCUT2D eigenvalue weighted by Crippen LogP contribution is -2.04. The van der Waals surface area contributed by atoms with Crippen LogP contribution in [0.3, 0.4) is 0 Å². The van der Waals surface area contributed by atoms with Gasteiger partial charge in [0.25, 0.3) is 0 Å². The predicted octanol–water partition coefficient (Wildman–Crippen LogP) is 3.93. The lowest BCUT2D eigenvalue weighted by Gasteiger charge is -2.12. The molecule has 0 N–H and O–H groups in total. The van der Waals surface area contributed by atoms with Crippen LogP contribution >= 0.6 is 0 Å². The van der Waals surface area contributed by atoms with Gasteiger partial charge < -0.3 is 9.47 Å². The van der Waals surface area contributed by atoms with Crippen molar-refractivity contribution in [3.63, 3.8) is 0 Å². The Bertz CT molecular complexity index is 799. The molecule has 122 valence electrons. The van der Waals surface area contributed by atoms with Crippen LogP contribution in [0.5, 0.6) is 11.5 Å². The smallest absolute Gasteiger partial charge is 0.202 e. The minimum Gasteiger partial charge on any atom is -0.497 e. The van der Waals surface area contributed by atoms with Crippen LogP contribution in [-0.2, 0) is 9.84 Å². The minimum absolute atomic E-state index is 0.284. The van der Waals surface area contributed by atoms with Crippen molar-refractivity contribution in [2.45, 2.75) is 18.7 Å². The van der Waals surface area contributed by atoms with Crippen molar-refractivity contribution in [1.29, 1.82) is 0 Å². The highest BCUT2D eigenvalue weighted by Crippen LogP contribution is 2.31. The average Bonchev–Trinajstić information content (AvgIpc) is 2.60. The van der Waals surface area contributed by atoms with Gasteiger partial charge in [-0.25, -0.2) is 8.42 Å². The summed E-state index contributed by atoms with van der Waals surface area (Å²) in [5.74, 6) is 1.23. The van der Waals surface area contributed by atoms with E-state index in [1.54, 1.807) is 76.6 Å². The number of hydrogen-bond acceptors (Lipinski definition) is 4. The van der Waals surface area contributed by atoms with Crippen LogP contribution in [-0.4, -0.2) is 22.6 Å². The third-order valence-corrected chi connectivity index (χ3v) is 5.77. The van der Waals surface area contributed by atoms with Crippen LogP contribution in [0.15, 0.2) is 58.3 Å². The first-order valence-electron chi connectivity index (χ1n) is 7.11. The number of allylic oxidation sites excluding steroid dienone is 2. The third kappa shape index (κ3) is 3.56. The maximum Gasteiger partial charge on any atom is 0.202 e. The molecule has 5 heteroatoms. The summed E-state index contributed by atoms with van der Waals surface area (Å²) in [4.78, 5) is 0.589. The highest BCUT2D eigenvalue weighted by atomic mass is 32.2. The Balaban J connectivity index is 2.57. The first kappa shape index (κ1) is 17.1. The second-order valence-electron chi connectivity index (χ2n) is 5.10. The second-order valence-corrected chi connectivity index (χ2v) is 7.19. The molecule has 0 aliphatic carbocycles. The fourth-order valence-electron chi connectivity index (χ4n) is 2.21. The number of rotatable bonds is 5. The topological polar surface area (TPSA) is 52.6 Å². The average molecular weight is 332 g/mol. The molecule has 0 aliphatic rings. The zero-order valence-corrected chi connectivity index (χ0v) is 14.5. The van der Waals surface area contributed by atoms with E-state index in [0.29, 0.717) is 22.0 Å². The molecule has 2 aromatic rings. The molecular weight excluding hydrogens is 312 g/mol.